The van der Waals surface area contributed by atoms with Crippen LogP contribution in [-0.2, 0) is 0 Å². The first-order valence-electron chi connectivity index (χ1n) is 6.26. The number of nitro groups is 1. The third-order valence-corrected chi connectivity index (χ3v) is 2.64. The maximum Gasteiger partial charge on any atom is 0.276 e. The molecule has 0 saturated heterocycles. The second-order valence-electron chi connectivity index (χ2n) is 4.58. The van der Waals surface area contributed by atoms with Crippen molar-refractivity contribution in [3.63, 3.8) is 0 Å². The first-order valence-corrected chi connectivity index (χ1v) is 6.26. The number of pyridine rings is 1. The van der Waals surface area contributed by atoms with Gasteiger partial charge in [0.2, 0.25) is 0 Å². The van der Waals surface area contributed by atoms with Crippen LogP contribution in [-0.4, -0.2) is 34.2 Å². The summed E-state index contributed by atoms with van der Waals surface area (Å²) < 4.78 is 0. The Morgan fingerprint density at radius 2 is 1.95 bits per heavy atom. The maximum atomic E-state index is 10.8. The van der Waals surface area contributed by atoms with Gasteiger partial charge in [-0.2, -0.15) is 0 Å². The maximum absolute atomic E-state index is 10.8. The van der Waals surface area contributed by atoms with Crippen molar-refractivity contribution in [2.45, 2.75) is 26.9 Å². The predicted octanol–water partition coefficient (Wildman–Crippen LogP) is 1.85. The third-order valence-electron chi connectivity index (χ3n) is 2.64. The molecule has 0 saturated carbocycles. The molecule has 0 spiro atoms. The molecule has 1 rings (SSSR count). The fraction of sp³-hybridized carbons (Fsp3) is 0.583. The lowest BCUT2D eigenvalue weighted by Crippen LogP contribution is -2.25. The van der Waals surface area contributed by atoms with Gasteiger partial charge in [0.05, 0.1) is 23.2 Å². The minimum Gasteiger partial charge on any atom is -0.391 e. The van der Waals surface area contributed by atoms with Crippen LogP contribution in [0.15, 0.2) is 12.1 Å². The van der Waals surface area contributed by atoms with Crippen molar-refractivity contribution in [3.8, 4) is 0 Å². The van der Waals surface area contributed by atoms with Gasteiger partial charge in [-0.1, -0.05) is 13.8 Å². The molecular weight excluding hydrogens is 248 g/mol. The zero-order valence-electron chi connectivity index (χ0n) is 11.4. The van der Waals surface area contributed by atoms with Gasteiger partial charge < -0.3 is 15.7 Å². The Morgan fingerprint density at radius 1 is 1.37 bits per heavy atom. The largest absolute Gasteiger partial charge is 0.391 e. The molecule has 1 atom stereocenters. The molecule has 0 bridgehead atoms. The molecule has 7 nitrogen and oxygen atoms in total. The molecule has 0 aliphatic heterocycles. The number of hydrogen-bond donors (Lipinski definition) is 3. The standard InChI is InChI=1S/C12H20N4O3/c1-4-13-11-5-9(16(18)19)6-12(15-11)14-7-10(17)8(2)3/h5-6,8,10,17H,4,7H2,1-3H3,(H2,13,14,15). The lowest BCUT2D eigenvalue weighted by atomic mass is 10.1. The summed E-state index contributed by atoms with van der Waals surface area (Å²) in [5.41, 5.74) is -0.0347. The zero-order valence-corrected chi connectivity index (χ0v) is 11.4. The number of rotatable bonds is 7. The van der Waals surface area contributed by atoms with E-state index in [-0.39, 0.29) is 11.6 Å². The number of aliphatic hydroxyl groups excluding tert-OH is 1. The van der Waals surface area contributed by atoms with Crippen LogP contribution in [0.3, 0.4) is 0 Å². The Balaban J connectivity index is 2.84. The van der Waals surface area contributed by atoms with E-state index in [1.165, 1.54) is 12.1 Å². The van der Waals surface area contributed by atoms with Crippen molar-refractivity contribution < 1.29 is 10.0 Å². The van der Waals surface area contributed by atoms with Crippen molar-refractivity contribution in [2.24, 2.45) is 5.92 Å². The molecule has 1 unspecified atom stereocenters. The van der Waals surface area contributed by atoms with Crippen molar-refractivity contribution >= 4 is 17.3 Å². The van der Waals surface area contributed by atoms with E-state index in [1.54, 1.807) is 0 Å². The molecule has 1 aromatic heterocycles. The summed E-state index contributed by atoms with van der Waals surface area (Å²) in [5, 5.41) is 26.4. The van der Waals surface area contributed by atoms with E-state index in [2.05, 4.69) is 15.6 Å². The van der Waals surface area contributed by atoms with Crippen molar-refractivity contribution in [3.05, 3.63) is 22.2 Å². The first-order chi connectivity index (χ1) is 8.93. The van der Waals surface area contributed by atoms with Crippen LogP contribution in [0.2, 0.25) is 0 Å². The lowest BCUT2D eigenvalue weighted by Gasteiger charge is -2.15. The number of aromatic nitrogens is 1. The number of aliphatic hydroxyl groups is 1. The van der Waals surface area contributed by atoms with Crippen molar-refractivity contribution in [2.75, 3.05) is 23.7 Å². The molecule has 106 valence electrons. The van der Waals surface area contributed by atoms with E-state index in [0.717, 1.165) is 0 Å². The van der Waals surface area contributed by atoms with Crippen LogP contribution >= 0.6 is 0 Å². The molecular formula is C12H20N4O3. The second-order valence-corrected chi connectivity index (χ2v) is 4.58. The molecule has 7 heteroatoms. The Kier molecular flexibility index (Phi) is 5.50. The number of nitrogens with zero attached hydrogens (tertiary/aromatic N) is 2. The SMILES string of the molecule is CCNc1cc([N+](=O)[O-])cc(NCC(O)C(C)C)n1. The van der Waals surface area contributed by atoms with Gasteiger partial charge in [0.25, 0.3) is 5.69 Å². The molecule has 3 N–H and O–H groups in total. The minimum absolute atomic E-state index is 0.0347. The number of nitrogens with one attached hydrogen (secondary N) is 2. The average molecular weight is 268 g/mol. The summed E-state index contributed by atoms with van der Waals surface area (Å²) in [7, 11) is 0. The smallest absolute Gasteiger partial charge is 0.276 e. The topological polar surface area (TPSA) is 100 Å². The minimum atomic E-state index is -0.524. The van der Waals surface area contributed by atoms with Gasteiger partial charge in [-0.15, -0.1) is 0 Å². The Labute approximate surface area is 112 Å². The first kappa shape index (κ1) is 15.2. The van der Waals surface area contributed by atoms with Crippen LogP contribution in [0.4, 0.5) is 17.3 Å². The Hall–Kier alpha value is -1.89. The lowest BCUT2D eigenvalue weighted by molar-refractivity contribution is -0.384. The van der Waals surface area contributed by atoms with Crippen LogP contribution in [0.5, 0.6) is 0 Å². The Bertz CT molecular complexity index is 437. The molecule has 0 radical (unpaired) electrons. The quantitative estimate of drug-likeness (QED) is 0.515. The van der Waals surface area contributed by atoms with Crippen molar-refractivity contribution in [1.29, 1.82) is 0 Å². The Morgan fingerprint density at radius 3 is 2.42 bits per heavy atom. The van der Waals surface area contributed by atoms with E-state index < -0.39 is 11.0 Å². The molecule has 0 aliphatic carbocycles. The zero-order chi connectivity index (χ0) is 14.4. The van der Waals surface area contributed by atoms with Gasteiger partial charge in [0.15, 0.2) is 0 Å². The van der Waals surface area contributed by atoms with Crippen molar-refractivity contribution in [1.82, 2.24) is 4.98 Å². The number of anilines is 2. The second kappa shape index (κ2) is 6.89. The highest BCUT2D eigenvalue weighted by Gasteiger charge is 2.13. The van der Waals surface area contributed by atoms with Gasteiger partial charge in [0.1, 0.15) is 11.6 Å². The molecule has 1 aromatic rings. The molecule has 0 aliphatic rings. The number of hydrogen-bond acceptors (Lipinski definition) is 6. The summed E-state index contributed by atoms with van der Waals surface area (Å²) in [6.07, 6.45) is -0.524. The molecule has 0 fully saturated rings. The van der Waals surface area contributed by atoms with E-state index in [0.29, 0.717) is 24.7 Å². The summed E-state index contributed by atoms with van der Waals surface area (Å²) in [4.78, 5) is 14.6. The molecule has 0 amide bonds. The third kappa shape index (κ3) is 4.70. The summed E-state index contributed by atoms with van der Waals surface area (Å²) in [6.45, 7) is 6.62. The van der Waals surface area contributed by atoms with Gasteiger partial charge >= 0.3 is 0 Å². The summed E-state index contributed by atoms with van der Waals surface area (Å²) in [6, 6.07) is 2.74. The van der Waals surface area contributed by atoms with Crippen LogP contribution < -0.4 is 10.6 Å². The van der Waals surface area contributed by atoms with E-state index in [1.807, 2.05) is 20.8 Å². The predicted molar refractivity (Wildman–Crippen MR) is 74.4 cm³/mol. The normalized spacial score (nSPS) is 12.3. The van der Waals surface area contributed by atoms with E-state index in [4.69, 9.17) is 0 Å². The highest BCUT2D eigenvalue weighted by Crippen LogP contribution is 2.20. The summed E-state index contributed by atoms with van der Waals surface area (Å²) >= 11 is 0. The average Bonchev–Trinajstić information content (AvgIpc) is 2.35. The van der Waals surface area contributed by atoms with Gasteiger partial charge in [0, 0.05) is 13.1 Å². The molecule has 1 heterocycles. The van der Waals surface area contributed by atoms with E-state index in [9.17, 15) is 15.2 Å². The summed E-state index contributed by atoms with van der Waals surface area (Å²) in [5.74, 6) is 0.933. The fourth-order valence-corrected chi connectivity index (χ4v) is 1.43. The highest BCUT2D eigenvalue weighted by molar-refractivity contribution is 5.54. The van der Waals surface area contributed by atoms with E-state index >= 15 is 0 Å². The molecule has 0 aromatic carbocycles. The fourth-order valence-electron chi connectivity index (χ4n) is 1.43. The molecule has 19 heavy (non-hydrogen) atoms. The monoisotopic (exact) mass is 268 g/mol. The van der Waals surface area contributed by atoms with Crippen LogP contribution in [0.1, 0.15) is 20.8 Å². The van der Waals surface area contributed by atoms with Crippen LogP contribution in [0.25, 0.3) is 0 Å². The van der Waals surface area contributed by atoms with Gasteiger partial charge in [-0.3, -0.25) is 10.1 Å². The van der Waals surface area contributed by atoms with Gasteiger partial charge in [-0.05, 0) is 12.8 Å². The van der Waals surface area contributed by atoms with Gasteiger partial charge in [-0.25, -0.2) is 4.98 Å². The highest BCUT2D eigenvalue weighted by atomic mass is 16.6. The van der Waals surface area contributed by atoms with Crippen LogP contribution in [0, 0.1) is 16.0 Å².